The zero-order valence-electron chi connectivity index (χ0n) is 14.9. The van der Waals surface area contributed by atoms with Gasteiger partial charge in [0.05, 0.1) is 18.4 Å². The van der Waals surface area contributed by atoms with Crippen molar-refractivity contribution >= 4 is 11.9 Å². The first-order valence-corrected chi connectivity index (χ1v) is 9.11. The maximum absolute atomic E-state index is 12.2. The largest absolute Gasteiger partial charge is 0.481 e. The first-order chi connectivity index (χ1) is 12.6. The van der Waals surface area contributed by atoms with Crippen LogP contribution in [0.4, 0.5) is 0 Å². The van der Waals surface area contributed by atoms with Crippen molar-refractivity contribution in [3.63, 3.8) is 0 Å². The molecule has 1 fully saturated rings. The molecule has 142 valence electrons. The molecule has 1 aliphatic rings. The fourth-order valence-corrected chi connectivity index (χ4v) is 3.02. The van der Waals surface area contributed by atoms with Gasteiger partial charge in [-0.1, -0.05) is 24.3 Å². The van der Waals surface area contributed by atoms with Crippen LogP contribution >= 0.6 is 0 Å². The summed E-state index contributed by atoms with van der Waals surface area (Å²) in [6.07, 6.45) is 12.6. The van der Waals surface area contributed by atoms with Crippen LogP contribution in [0.5, 0.6) is 0 Å². The Kier molecular flexibility index (Phi) is 8.15. The molecular formula is C20H27NO5. The lowest BCUT2D eigenvalue weighted by Gasteiger charge is -2.33. The van der Waals surface area contributed by atoms with Crippen LogP contribution in [0.25, 0.3) is 0 Å². The minimum Gasteiger partial charge on any atom is -0.481 e. The van der Waals surface area contributed by atoms with Crippen LogP contribution < -0.4 is 0 Å². The van der Waals surface area contributed by atoms with E-state index in [-0.39, 0.29) is 18.4 Å². The van der Waals surface area contributed by atoms with Crippen molar-refractivity contribution in [3.05, 3.63) is 48.5 Å². The number of aliphatic hydroxyl groups is 1. The van der Waals surface area contributed by atoms with Gasteiger partial charge in [0.2, 0.25) is 5.91 Å². The van der Waals surface area contributed by atoms with E-state index < -0.39 is 12.1 Å². The number of nitrogens with zero attached hydrogens (tertiary/aromatic N) is 1. The number of aliphatic carboxylic acids is 1. The normalized spacial score (nSPS) is 19.5. The molecule has 1 aromatic rings. The molecule has 1 amide bonds. The predicted octanol–water partition coefficient (Wildman–Crippen LogP) is 2.93. The fraction of sp³-hybridized carbons (Fsp3) is 0.500. The lowest BCUT2D eigenvalue weighted by Crippen LogP contribution is -2.42. The topological polar surface area (TPSA) is 91.0 Å². The number of likely N-dealkylation sites (tertiary alicyclic amines) is 1. The number of furan rings is 1. The number of carboxylic acids is 1. The summed E-state index contributed by atoms with van der Waals surface area (Å²) in [6.45, 7) is 0.509. The van der Waals surface area contributed by atoms with Gasteiger partial charge in [0.1, 0.15) is 5.76 Å². The maximum atomic E-state index is 12.2. The number of carbonyl (C=O) groups is 2. The van der Waals surface area contributed by atoms with Gasteiger partial charge in [0.15, 0.2) is 0 Å². The van der Waals surface area contributed by atoms with Gasteiger partial charge < -0.3 is 19.5 Å². The van der Waals surface area contributed by atoms with Crippen molar-refractivity contribution in [1.82, 2.24) is 4.90 Å². The van der Waals surface area contributed by atoms with Gasteiger partial charge in [-0.2, -0.15) is 0 Å². The summed E-state index contributed by atoms with van der Waals surface area (Å²) >= 11 is 0. The monoisotopic (exact) mass is 361 g/mol. The predicted molar refractivity (Wildman–Crippen MR) is 97.5 cm³/mol. The number of amides is 1. The molecule has 0 saturated carbocycles. The van der Waals surface area contributed by atoms with Crippen LogP contribution in [0.15, 0.2) is 47.1 Å². The highest BCUT2D eigenvalue weighted by molar-refractivity contribution is 5.77. The third kappa shape index (κ3) is 6.88. The van der Waals surface area contributed by atoms with Gasteiger partial charge in [-0.25, -0.2) is 0 Å². The van der Waals surface area contributed by atoms with Crippen LogP contribution in [0.2, 0.25) is 0 Å². The molecule has 6 heteroatoms. The Labute approximate surface area is 153 Å². The number of carboxylic acid groups (broad SMARTS) is 1. The number of carbonyl (C=O) groups excluding carboxylic acids is 1. The maximum Gasteiger partial charge on any atom is 0.303 e. The first kappa shape index (κ1) is 20.0. The van der Waals surface area contributed by atoms with Gasteiger partial charge in [-0.05, 0) is 37.8 Å². The average Bonchev–Trinajstić information content (AvgIpc) is 3.10. The molecule has 2 N–H and O–H groups in total. The van der Waals surface area contributed by atoms with Gasteiger partial charge in [-0.15, -0.1) is 0 Å². The van der Waals surface area contributed by atoms with Crippen molar-refractivity contribution in [1.29, 1.82) is 0 Å². The van der Waals surface area contributed by atoms with Gasteiger partial charge in [0, 0.05) is 25.8 Å². The van der Waals surface area contributed by atoms with E-state index in [0.717, 1.165) is 18.6 Å². The Balaban J connectivity index is 1.84. The minimum atomic E-state index is -0.789. The van der Waals surface area contributed by atoms with Crippen LogP contribution in [-0.2, 0) is 16.0 Å². The molecule has 2 atom stereocenters. The number of unbranched alkanes of at least 4 members (excludes halogenated alkanes) is 1. The summed E-state index contributed by atoms with van der Waals surface area (Å²) in [4.78, 5) is 24.5. The Bertz CT molecular complexity index is 620. The fourth-order valence-electron chi connectivity index (χ4n) is 3.02. The molecular weight excluding hydrogens is 334 g/mol. The standard InChI is InChI=1S/C20H27NO5/c22-17(15-18-8-6-14-26-18)12-11-16-7-5-9-19(23)21(16)13-4-2-1-3-10-20(24)25/h2,4,6,8,11-12,14,16-17,22H,1,3,5,7,9-10,13,15H2,(H,24,25)/t16-,17?/m1/s1. The number of hydrogen-bond donors (Lipinski definition) is 2. The average molecular weight is 361 g/mol. The van der Waals surface area contributed by atoms with Crippen molar-refractivity contribution in [2.45, 2.75) is 57.1 Å². The molecule has 0 aliphatic carbocycles. The van der Waals surface area contributed by atoms with E-state index in [2.05, 4.69) is 0 Å². The van der Waals surface area contributed by atoms with Crippen molar-refractivity contribution in [2.75, 3.05) is 6.54 Å². The van der Waals surface area contributed by atoms with Crippen molar-refractivity contribution < 1.29 is 24.2 Å². The summed E-state index contributed by atoms with van der Waals surface area (Å²) in [6, 6.07) is 3.59. The van der Waals surface area contributed by atoms with Gasteiger partial charge in [-0.3, -0.25) is 9.59 Å². The molecule has 26 heavy (non-hydrogen) atoms. The molecule has 1 aliphatic heterocycles. The van der Waals surface area contributed by atoms with Gasteiger partial charge in [0.25, 0.3) is 0 Å². The summed E-state index contributed by atoms with van der Waals surface area (Å²) in [7, 11) is 0. The second-order valence-electron chi connectivity index (χ2n) is 6.50. The third-order valence-electron chi connectivity index (χ3n) is 4.39. The lowest BCUT2D eigenvalue weighted by atomic mass is 10.00. The number of allylic oxidation sites excluding steroid dienone is 1. The summed E-state index contributed by atoms with van der Waals surface area (Å²) in [5.41, 5.74) is 0. The molecule has 1 aromatic heterocycles. The Morgan fingerprint density at radius 1 is 1.42 bits per heavy atom. The summed E-state index contributed by atoms with van der Waals surface area (Å²) in [5, 5.41) is 18.7. The van der Waals surface area contributed by atoms with E-state index in [1.54, 1.807) is 18.4 Å². The molecule has 0 radical (unpaired) electrons. The van der Waals surface area contributed by atoms with Crippen molar-refractivity contribution in [2.24, 2.45) is 0 Å². The Hall–Kier alpha value is -2.34. The highest BCUT2D eigenvalue weighted by Gasteiger charge is 2.25. The number of aliphatic hydroxyl groups excluding tert-OH is 1. The molecule has 2 heterocycles. The molecule has 1 unspecified atom stereocenters. The minimum absolute atomic E-state index is 0.0221. The number of hydrogen-bond acceptors (Lipinski definition) is 4. The highest BCUT2D eigenvalue weighted by atomic mass is 16.4. The van der Waals surface area contributed by atoms with Crippen LogP contribution in [0.1, 0.15) is 44.3 Å². The summed E-state index contributed by atoms with van der Waals surface area (Å²) in [5.74, 6) is 0.0487. The van der Waals surface area contributed by atoms with E-state index in [1.165, 1.54) is 0 Å². The second kappa shape index (κ2) is 10.6. The second-order valence-corrected chi connectivity index (χ2v) is 6.50. The molecule has 0 spiro atoms. The van der Waals surface area contributed by atoms with Gasteiger partial charge >= 0.3 is 5.97 Å². The number of piperidine rings is 1. The summed E-state index contributed by atoms with van der Waals surface area (Å²) < 4.78 is 5.23. The Morgan fingerprint density at radius 3 is 3.00 bits per heavy atom. The smallest absolute Gasteiger partial charge is 0.303 e. The third-order valence-corrected chi connectivity index (χ3v) is 4.39. The van der Waals surface area contributed by atoms with Crippen LogP contribution in [0.3, 0.4) is 0 Å². The molecule has 2 rings (SSSR count). The van der Waals surface area contributed by atoms with Crippen LogP contribution in [-0.4, -0.2) is 45.7 Å². The van der Waals surface area contributed by atoms with E-state index in [0.29, 0.717) is 32.2 Å². The van der Waals surface area contributed by atoms with E-state index in [9.17, 15) is 14.7 Å². The SMILES string of the molecule is O=C(O)CCCC=CCN1C(=O)CCC[C@@H]1C=CC(O)Cc1ccco1. The zero-order valence-corrected chi connectivity index (χ0v) is 14.9. The zero-order chi connectivity index (χ0) is 18.8. The van der Waals surface area contributed by atoms with Crippen LogP contribution in [0, 0.1) is 0 Å². The van der Waals surface area contributed by atoms with Crippen molar-refractivity contribution in [3.8, 4) is 0 Å². The molecule has 0 aromatic carbocycles. The quantitative estimate of drug-likeness (QED) is 0.494. The highest BCUT2D eigenvalue weighted by Crippen LogP contribution is 2.20. The first-order valence-electron chi connectivity index (χ1n) is 9.11. The molecule has 6 nitrogen and oxygen atoms in total. The van der Waals surface area contributed by atoms with E-state index >= 15 is 0 Å². The number of rotatable bonds is 10. The lowest BCUT2D eigenvalue weighted by molar-refractivity contribution is -0.137. The van der Waals surface area contributed by atoms with E-state index in [1.807, 2.05) is 29.2 Å². The van der Waals surface area contributed by atoms with E-state index in [4.69, 9.17) is 9.52 Å². The molecule has 1 saturated heterocycles. The Morgan fingerprint density at radius 2 is 2.27 bits per heavy atom. The molecule has 0 bridgehead atoms.